The summed E-state index contributed by atoms with van der Waals surface area (Å²) in [5, 5.41) is 0.782. The van der Waals surface area contributed by atoms with E-state index in [-0.39, 0.29) is 5.78 Å². The summed E-state index contributed by atoms with van der Waals surface area (Å²) in [6.45, 7) is 2.70. The summed E-state index contributed by atoms with van der Waals surface area (Å²) in [5.74, 6) is -0.310. The molecule has 1 heterocycles. The van der Waals surface area contributed by atoms with Gasteiger partial charge in [-0.1, -0.05) is 60.7 Å². The van der Waals surface area contributed by atoms with Crippen molar-refractivity contribution < 1.29 is 6.17 Å². The van der Waals surface area contributed by atoms with Crippen LogP contribution in [0.2, 0.25) is 0 Å². The summed E-state index contributed by atoms with van der Waals surface area (Å²) < 4.78 is 9.43. The zero-order valence-electron chi connectivity index (χ0n) is 15.0. The van der Waals surface area contributed by atoms with Crippen LogP contribution in [0.4, 0.5) is 0 Å². The van der Waals surface area contributed by atoms with Crippen molar-refractivity contribution in [2.45, 2.75) is 12.8 Å². The van der Waals surface area contributed by atoms with Gasteiger partial charge in [0.15, 0.2) is 5.78 Å². The van der Waals surface area contributed by atoms with Crippen LogP contribution in [0.5, 0.6) is 0 Å². The van der Waals surface area contributed by atoms with Gasteiger partial charge in [0.2, 0.25) is 0 Å². The molecule has 0 saturated heterocycles. The van der Waals surface area contributed by atoms with Crippen molar-refractivity contribution in [3.8, 4) is 0 Å². The van der Waals surface area contributed by atoms with E-state index in [0.717, 1.165) is 39.6 Å². The van der Waals surface area contributed by atoms with E-state index >= 15 is 0 Å². The molecule has 0 spiro atoms. The van der Waals surface area contributed by atoms with Crippen molar-refractivity contribution in [3.63, 3.8) is 0 Å². The molecule has 4 rings (SSSR count). The van der Waals surface area contributed by atoms with Crippen LogP contribution >= 0.6 is 11.8 Å². The van der Waals surface area contributed by atoms with Crippen molar-refractivity contribution in [3.05, 3.63) is 88.5 Å². The zero-order valence-corrected chi connectivity index (χ0v) is 14.8. The summed E-state index contributed by atoms with van der Waals surface area (Å²) in [6.07, 6.45) is 3.69. The van der Waals surface area contributed by atoms with Crippen LogP contribution in [0.15, 0.2) is 76.8 Å². The van der Waals surface area contributed by atoms with Gasteiger partial charge in [-0.05, 0) is 35.3 Å². The highest BCUT2D eigenvalue weighted by molar-refractivity contribution is 8.14. The van der Waals surface area contributed by atoms with Crippen LogP contribution in [0.25, 0.3) is 6.08 Å². The fourth-order valence-corrected chi connectivity index (χ4v) is 4.15. The lowest BCUT2D eigenvalue weighted by molar-refractivity contribution is 0.104. The highest BCUT2D eigenvalue weighted by Crippen LogP contribution is 2.42. The Morgan fingerprint density at radius 2 is 1.96 bits per heavy atom. The molecule has 1 aliphatic carbocycles. The smallest absolute Gasteiger partial charge is 0.186 e. The van der Waals surface area contributed by atoms with E-state index in [9.17, 15) is 6.17 Å². The number of ketones is 1. The Morgan fingerprint density at radius 3 is 2.72 bits per heavy atom. The molecule has 2 nitrogen and oxygen atoms in total. The maximum atomic E-state index is 12.8. The van der Waals surface area contributed by atoms with Gasteiger partial charge in [0, 0.05) is 19.2 Å². The molecule has 0 saturated carbocycles. The number of hydrogen-bond donors (Lipinski definition) is 0. The van der Waals surface area contributed by atoms with Gasteiger partial charge >= 0.3 is 0 Å². The molecule has 25 heavy (non-hydrogen) atoms. The Hall–Kier alpha value is -2.39. The van der Waals surface area contributed by atoms with Gasteiger partial charge < -0.3 is 0 Å². The zero-order chi connectivity index (χ0) is 18.1. The lowest BCUT2D eigenvalue weighted by atomic mass is 9.79. The molecule has 1 aliphatic heterocycles. The second-order valence-corrected chi connectivity index (χ2v) is 7.20. The van der Waals surface area contributed by atoms with E-state index in [1.165, 1.54) is 0 Å². The minimum Gasteiger partial charge on any atom is -0.289 e. The molecule has 1 unspecified atom stereocenters. The number of nitrogens with zero attached hydrogens (tertiary/aromatic N) is 1. The Kier molecular flexibility index (Phi) is 4.08. The SMILES string of the molecule is [2H]C1(C2=NCCS2)C(=CC(=O)c2ccccc2)C(C)=Cc2ccccc21. The van der Waals surface area contributed by atoms with Crippen molar-refractivity contribution in [2.24, 2.45) is 4.99 Å². The van der Waals surface area contributed by atoms with Crippen molar-refractivity contribution in [2.75, 3.05) is 12.3 Å². The minimum absolute atomic E-state index is 0.0760. The highest BCUT2D eigenvalue weighted by Gasteiger charge is 2.31. The third-order valence-corrected chi connectivity index (χ3v) is 5.42. The van der Waals surface area contributed by atoms with E-state index in [1.807, 2.05) is 61.5 Å². The van der Waals surface area contributed by atoms with Gasteiger partial charge in [-0.3, -0.25) is 9.79 Å². The average molecular weight is 346 g/mol. The average Bonchev–Trinajstić information content (AvgIpc) is 3.21. The maximum absolute atomic E-state index is 12.8. The number of carbonyl (C=O) groups excluding carboxylic acids is 1. The normalized spacial score (nSPS) is 24.4. The fourth-order valence-electron chi connectivity index (χ4n) is 3.22. The van der Waals surface area contributed by atoms with Gasteiger partial charge in [-0.2, -0.15) is 0 Å². The lowest BCUT2D eigenvalue weighted by Crippen LogP contribution is -2.17. The molecule has 3 heteroatoms. The molecule has 0 fully saturated rings. The standard InChI is InChI=1S/C22H19NOS/c1-15-13-17-9-5-6-10-18(17)21(22-23-11-12-25-22)19(15)14-20(24)16-7-3-2-4-8-16/h2-10,13-14,21H,11-12H2,1H3/i21D. The Balaban J connectivity index is 1.90. The number of hydrogen-bond acceptors (Lipinski definition) is 3. The topological polar surface area (TPSA) is 29.4 Å². The maximum Gasteiger partial charge on any atom is 0.186 e. The first-order valence-corrected chi connectivity index (χ1v) is 9.37. The highest BCUT2D eigenvalue weighted by atomic mass is 32.2. The number of carbonyl (C=O) groups is 1. The molecule has 124 valence electrons. The molecule has 2 aromatic rings. The van der Waals surface area contributed by atoms with E-state index in [4.69, 9.17) is 0 Å². The largest absolute Gasteiger partial charge is 0.289 e. The Labute approximate surface area is 153 Å². The molecule has 1 atom stereocenters. The summed E-state index contributed by atoms with van der Waals surface area (Å²) in [6, 6.07) is 17.2. The first-order chi connectivity index (χ1) is 12.6. The van der Waals surface area contributed by atoms with Gasteiger partial charge in [0.05, 0.1) is 10.9 Å². The third kappa shape index (κ3) is 3.12. The minimum atomic E-state index is -1.12. The number of rotatable bonds is 3. The van der Waals surface area contributed by atoms with E-state index in [2.05, 4.69) is 11.1 Å². The molecule has 0 radical (unpaired) electrons. The van der Waals surface area contributed by atoms with Gasteiger partial charge in [0.1, 0.15) is 0 Å². The predicted molar refractivity (Wildman–Crippen MR) is 106 cm³/mol. The molecule has 2 aliphatic rings. The molecule has 0 aromatic heterocycles. The van der Waals surface area contributed by atoms with E-state index in [1.54, 1.807) is 17.8 Å². The number of fused-ring (bicyclic) bond motifs is 1. The number of thioether (sulfide) groups is 1. The van der Waals surface area contributed by atoms with Crippen LogP contribution in [-0.4, -0.2) is 23.1 Å². The quantitative estimate of drug-likeness (QED) is 0.569. The molecule has 2 aromatic carbocycles. The second kappa shape index (κ2) is 6.85. The molecule has 0 bridgehead atoms. The van der Waals surface area contributed by atoms with Crippen LogP contribution in [0, 0.1) is 0 Å². The number of benzene rings is 2. The summed E-state index contributed by atoms with van der Waals surface area (Å²) >= 11 is 1.62. The van der Waals surface area contributed by atoms with Gasteiger partial charge in [-0.15, -0.1) is 11.8 Å². The first kappa shape index (κ1) is 14.9. The number of aliphatic imine (C=N–C) groups is 1. The lowest BCUT2D eigenvalue weighted by Gasteiger charge is -2.27. The Bertz CT molecular complexity index is 961. The number of allylic oxidation sites excluding steroid dienone is 3. The monoisotopic (exact) mass is 346 g/mol. The molecular formula is C22H19NOS. The van der Waals surface area contributed by atoms with E-state index < -0.39 is 5.89 Å². The molecular weight excluding hydrogens is 326 g/mol. The summed E-state index contributed by atoms with van der Waals surface area (Å²) in [5.41, 5.74) is 4.22. The van der Waals surface area contributed by atoms with Crippen LogP contribution < -0.4 is 0 Å². The van der Waals surface area contributed by atoms with Crippen molar-refractivity contribution in [1.29, 1.82) is 0 Å². The van der Waals surface area contributed by atoms with Crippen LogP contribution in [0.3, 0.4) is 0 Å². The third-order valence-electron chi connectivity index (χ3n) is 4.43. The van der Waals surface area contributed by atoms with Crippen molar-refractivity contribution in [1.82, 2.24) is 0 Å². The summed E-state index contributed by atoms with van der Waals surface area (Å²) in [7, 11) is 0. The Morgan fingerprint density at radius 1 is 1.20 bits per heavy atom. The van der Waals surface area contributed by atoms with Gasteiger partial charge in [0.25, 0.3) is 0 Å². The second-order valence-electron chi connectivity index (χ2n) is 6.11. The first-order valence-electron chi connectivity index (χ1n) is 8.88. The molecule has 0 N–H and O–H groups in total. The van der Waals surface area contributed by atoms with E-state index in [0.29, 0.717) is 5.56 Å². The predicted octanol–water partition coefficient (Wildman–Crippen LogP) is 5.14. The summed E-state index contributed by atoms with van der Waals surface area (Å²) in [4.78, 5) is 17.4. The fraction of sp³-hybridized carbons (Fsp3) is 0.182. The van der Waals surface area contributed by atoms with Crippen molar-refractivity contribution >= 4 is 28.7 Å². The van der Waals surface area contributed by atoms with Crippen LogP contribution in [0.1, 0.15) is 35.7 Å². The van der Waals surface area contributed by atoms with Gasteiger partial charge in [-0.25, -0.2) is 0 Å². The van der Waals surface area contributed by atoms with Crippen LogP contribution in [-0.2, 0) is 0 Å². The molecule has 0 amide bonds.